The first kappa shape index (κ1) is 15.0. The highest BCUT2D eigenvalue weighted by Crippen LogP contribution is 1.99. The molecule has 102 valence electrons. The van der Waals surface area contributed by atoms with Crippen molar-refractivity contribution >= 4 is 5.71 Å². The van der Waals surface area contributed by atoms with Crippen molar-refractivity contribution < 1.29 is 14.3 Å². The van der Waals surface area contributed by atoms with E-state index < -0.39 is 0 Å². The Balaban J connectivity index is 2.38. The Bertz CT molecular complexity index is 312. The standard InChI is InChI=1S/C13H22N2O3/c1-11(2)13(5-4-7-16-3)15-18-10-12-9-17-8-6-14-12/h11-12,14H,6-10H2,1-3H3/b15-13+/t12-/m1/s1. The molecule has 1 rings (SSSR count). The van der Waals surface area contributed by atoms with Crippen molar-refractivity contribution in [2.24, 2.45) is 11.1 Å². The Morgan fingerprint density at radius 2 is 2.39 bits per heavy atom. The van der Waals surface area contributed by atoms with E-state index >= 15 is 0 Å². The summed E-state index contributed by atoms with van der Waals surface area (Å²) in [7, 11) is 1.62. The number of hydrogen-bond donors (Lipinski definition) is 1. The first-order valence-corrected chi connectivity index (χ1v) is 6.22. The van der Waals surface area contributed by atoms with Crippen molar-refractivity contribution in [2.75, 3.05) is 40.1 Å². The third kappa shape index (κ3) is 6.01. The molecule has 0 aromatic heterocycles. The number of rotatable bonds is 5. The third-order valence-corrected chi connectivity index (χ3v) is 2.42. The fourth-order valence-electron chi connectivity index (χ4n) is 1.39. The topological polar surface area (TPSA) is 52.1 Å². The van der Waals surface area contributed by atoms with Crippen LogP contribution >= 0.6 is 0 Å². The molecule has 18 heavy (non-hydrogen) atoms. The number of hydrogen-bond acceptors (Lipinski definition) is 5. The Morgan fingerprint density at radius 3 is 3.00 bits per heavy atom. The maximum atomic E-state index is 5.33. The molecule has 1 saturated heterocycles. The van der Waals surface area contributed by atoms with Crippen LogP contribution in [0.4, 0.5) is 0 Å². The molecule has 0 radical (unpaired) electrons. The van der Waals surface area contributed by atoms with Crippen LogP contribution in [0.1, 0.15) is 13.8 Å². The summed E-state index contributed by atoms with van der Waals surface area (Å²) in [5, 5.41) is 7.38. The number of oxime groups is 1. The van der Waals surface area contributed by atoms with Crippen molar-refractivity contribution in [3.63, 3.8) is 0 Å². The Hall–Kier alpha value is -1.09. The average molecular weight is 254 g/mol. The van der Waals surface area contributed by atoms with E-state index in [0.717, 1.165) is 18.9 Å². The van der Waals surface area contributed by atoms with Gasteiger partial charge in [-0.3, -0.25) is 0 Å². The number of nitrogens with zero attached hydrogens (tertiary/aromatic N) is 1. The van der Waals surface area contributed by atoms with Crippen LogP contribution in [0.5, 0.6) is 0 Å². The number of methoxy groups -OCH3 is 1. The molecule has 5 nitrogen and oxygen atoms in total. The molecular weight excluding hydrogens is 232 g/mol. The van der Waals surface area contributed by atoms with Crippen molar-refractivity contribution in [1.29, 1.82) is 0 Å². The normalized spacial score (nSPS) is 20.4. The van der Waals surface area contributed by atoms with E-state index in [-0.39, 0.29) is 12.0 Å². The van der Waals surface area contributed by atoms with E-state index in [1.165, 1.54) is 0 Å². The molecule has 1 N–H and O–H groups in total. The lowest BCUT2D eigenvalue weighted by atomic mass is 10.1. The highest BCUT2D eigenvalue weighted by Gasteiger charge is 2.13. The van der Waals surface area contributed by atoms with Crippen LogP contribution in [0.25, 0.3) is 0 Å². The predicted molar refractivity (Wildman–Crippen MR) is 70.5 cm³/mol. The second kappa shape index (κ2) is 8.92. The van der Waals surface area contributed by atoms with Crippen LogP contribution in [-0.2, 0) is 14.3 Å². The second-order valence-electron chi connectivity index (χ2n) is 4.39. The molecule has 0 amide bonds. The van der Waals surface area contributed by atoms with Gasteiger partial charge < -0.3 is 19.6 Å². The lowest BCUT2D eigenvalue weighted by molar-refractivity contribution is 0.0308. The van der Waals surface area contributed by atoms with Crippen LogP contribution < -0.4 is 5.32 Å². The van der Waals surface area contributed by atoms with E-state index in [0.29, 0.717) is 19.8 Å². The maximum absolute atomic E-state index is 5.33. The van der Waals surface area contributed by atoms with Gasteiger partial charge in [0.25, 0.3) is 0 Å². The molecule has 0 bridgehead atoms. The monoisotopic (exact) mass is 254 g/mol. The lowest BCUT2D eigenvalue weighted by Gasteiger charge is -2.22. The van der Waals surface area contributed by atoms with Crippen LogP contribution in [0, 0.1) is 17.8 Å². The van der Waals surface area contributed by atoms with Gasteiger partial charge in [0.1, 0.15) is 18.9 Å². The summed E-state index contributed by atoms with van der Waals surface area (Å²) in [5.41, 5.74) is 0.740. The molecule has 1 atom stereocenters. The van der Waals surface area contributed by atoms with Gasteiger partial charge in [0.15, 0.2) is 0 Å². The van der Waals surface area contributed by atoms with Gasteiger partial charge in [0.2, 0.25) is 0 Å². The summed E-state index contributed by atoms with van der Waals surface area (Å²) in [6.45, 7) is 7.27. The minimum absolute atomic E-state index is 0.211. The zero-order chi connectivity index (χ0) is 13.2. The summed E-state index contributed by atoms with van der Waals surface area (Å²) >= 11 is 0. The third-order valence-electron chi connectivity index (χ3n) is 2.42. The van der Waals surface area contributed by atoms with E-state index in [2.05, 4.69) is 22.3 Å². The zero-order valence-electron chi connectivity index (χ0n) is 11.4. The Labute approximate surface area is 109 Å². The SMILES string of the molecule is COCC#C/C(=N\OC[C@H]1COCCN1)C(C)C. The van der Waals surface area contributed by atoms with Crippen LogP contribution in [0.15, 0.2) is 5.16 Å². The van der Waals surface area contributed by atoms with Crippen molar-refractivity contribution in [1.82, 2.24) is 5.32 Å². The fraction of sp³-hybridized carbons (Fsp3) is 0.769. The van der Waals surface area contributed by atoms with E-state index in [9.17, 15) is 0 Å². The molecule has 5 heteroatoms. The van der Waals surface area contributed by atoms with Gasteiger partial charge in [-0.2, -0.15) is 0 Å². The molecule has 1 aliphatic heterocycles. The molecule has 0 aromatic rings. The summed E-state index contributed by atoms with van der Waals surface area (Å²) in [6, 6.07) is 0.211. The Morgan fingerprint density at radius 1 is 1.56 bits per heavy atom. The summed E-state index contributed by atoms with van der Waals surface area (Å²) in [5.74, 6) is 6.08. The number of nitrogens with one attached hydrogen (secondary N) is 1. The molecular formula is C13H22N2O3. The zero-order valence-corrected chi connectivity index (χ0v) is 11.4. The highest BCUT2D eigenvalue weighted by atomic mass is 16.6. The first-order valence-electron chi connectivity index (χ1n) is 6.22. The molecule has 1 fully saturated rings. The van der Waals surface area contributed by atoms with Gasteiger partial charge in [-0.05, 0) is 5.92 Å². The van der Waals surface area contributed by atoms with Crippen molar-refractivity contribution in [2.45, 2.75) is 19.9 Å². The summed E-state index contributed by atoms with van der Waals surface area (Å²) < 4.78 is 10.2. The van der Waals surface area contributed by atoms with Crippen LogP contribution in [0.2, 0.25) is 0 Å². The van der Waals surface area contributed by atoms with Crippen molar-refractivity contribution in [3.8, 4) is 11.8 Å². The minimum Gasteiger partial charge on any atom is -0.393 e. The van der Waals surface area contributed by atoms with Crippen molar-refractivity contribution in [3.05, 3.63) is 0 Å². The molecule has 0 aliphatic carbocycles. The smallest absolute Gasteiger partial charge is 0.134 e. The Kier molecular flexibility index (Phi) is 7.42. The van der Waals surface area contributed by atoms with E-state index in [1.54, 1.807) is 7.11 Å². The van der Waals surface area contributed by atoms with Gasteiger partial charge in [0, 0.05) is 19.6 Å². The van der Waals surface area contributed by atoms with Gasteiger partial charge in [-0.15, -0.1) is 0 Å². The van der Waals surface area contributed by atoms with Gasteiger partial charge in [-0.1, -0.05) is 24.9 Å². The van der Waals surface area contributed by atoms with E-state index in [4.69, 9.17) is 14.3 Å². The summed E-state index contributed by atoms with van der Waals surface area (Å²) in [6.07, 6.45) is 0. The molecule has 0 saturated carbocycles. The average Bonchev–Trinajstić information content (AvgIpc) is 2.38. The van der Waals surface area contributed by atoms with Gasteiger partial charge in [0.05, 0.1) is 19.3 Å². The minimum atomic E-state index is 0.211. The van der Waals surface area contributed by atoms with Gasteiger partial charge >= 0.3 is 0 Å². The molecule has 1 heterocycles. The molecule has 0 spiro atoms. The second-order valence-corrected chi connectivity index (χ2v) is 4.39. The number of morpholine rings is 1. The molecule has 0 aromatic carbocycles. The van der Waals surface area contributed by atoms with Crippen LogP contribution in [0.3, 0.4) is 0 Å². The van der Waals surface area contributed by atoms with Gasteiger partial charge in [-0.25, -0.2) is 0 Å². The largest absolute Gasteiger partial charge is 0.393 e. The maximum Gasteiger partial charge on any atom is 0.134 e. The lowest BCUT2D eigenvalue weighted by Crippen LogP contribution is -2.43. The van der Waals surface area contributed by atoms with Crippen LogP contribution in [-0.4, -0.2) is 51.8 Å². The predicted octanol–water partition coefficient (Wildman–Crippen LogP) is 0.653. The first-order chi connectivity index (χ1) is 8.74. The quantitative estimate of drug-likeness (QED) is 0.445. The summed E-state index contributed by atoms with van der Waals surface area (Å²) in [4.78, 5) is 5.33. The highest BCUT2D eigenvalue weighted by molar-refractivity contribution is 6.01. The van der Waals surface area contributed by atoms with E-state index in [1.807, 2.05) is 13.8 Å². The fourth-order valence-corrected chi connectivity index (χ4v) is 1.39. The number of ether oxygens (including phenoxy) is 2. The molecule has 1 aliphatic rings. The molecule has 0 unspecified atom stereocenters.